The van der Waals surface area contributed by atoms with Gasteiger partial charge in [0.1, 0.15) is 0 Å². The zero-order valence-electron chi connectivity index (χ0n) is 5.66. The van der Waals surface area contributed by atoms with Gasteiger partial charge in [-0.1, -0.05) is 0 Å². The van der Waals surface area contributed by atoms with Crippen molar-refractivity contribution >= 4 is 5.91 Å². The summed E-state index contributed by atoms with van der Waals surface area (Å²) in [7, 11) is 0. The molecule has 0 aliphatic heterocycles. The lowest BCUT2D eigenvalue weighted by molar-refractivity contribution is -0.774. The number of hydrogen-bond acceptors (Lipinski definition) is 4. The van der Waals surface area contributed by atoms with Crippen LogP contribution in [-0.4, -0.2) is 16.6 Å². The molecule has 0 aromatic heterocycles. The minimum Gasteiger partial charge on any atom is -0.368 e. The first-order valence-electron chi connectivity index (χ1n) is 2.49. The van der Waals surface area contributed by atoms with Gasteiger partial charge in [0.15, 0.2) is 5.60 Å². The van der Waals surface area contributed by atoms with E-state index in [1.54, 1.807) is 0 Å². The molecular formula is C4H8N2O4. The number of rotatable bonds is 3. The van der Waals surface area contributed by atoms with E-state index in [2.05, 4.69) is 4.84 Å². The average Bonchev–Trinajstić information content (AvgIpc) is 1.60. The van der Waals surface area contributed by atoms with Gasteiger partial charge >= 0.3 is 0 Å². The van der Waals surface area contributed by atoms with E-state index in [1.807, 2.05) is 0 Å². The molecule has 0 saturated carbocycles. The number of hydrogen-bond donors (Lipinski definition) is 1. The molecule has 0 unspecified atom stereocenters. The molecule has 0 aliphatic rings. The van der Waals surface area contributed by atoms with E-state index in [-0.39, 0.29) is 0 Å². The third-order valence-corrected chi connectivity index (χ3v) is 0.896. The molecule has 0 spiro atoms. The van der Waals surface area contributed by atoms with Gasteiger partial charge in [0.05, 0.1) is 0 Å². The largest absolute Gasteiger partial charge is 0.368 e. The number of nitrogens with zero attached hydrogens (tertiary/aromatic N) is 1. The van der Waals surface area contributed by atoms with Crippen molar-refractivity contribution in [1.29, 1.82) is 0 Å². The highest BCUT2D eigenvalue weighted by Gasteiger charge is 2.29. The molecule has 0 bridgehead atoms. The smallest absolute Gasteiger partial charge is 0.295 e. The monoisotopic (exact) mass is 148 g/mol. The van der Waals surface area contributed by atoms with E-state index in [0.717, 1.165) is 0 Å². The summed E-state index contributed by atoms with van der Waals surface area (Å²) in [5, 5.41) is 8.64. The van der Waals surface area contributed by atoms with Crippen LogP contribution >= 0.6 is 0 Å². The van der Waals surface area contributed by atoms with Crippen molar-refractivity contribution in [1.82, 2.24) is 0 Å². The number of primary amides is 1. The molecule has 0 fully saturated rings. The molecule has 0 heterocycles. The molecule has 6 heteroatoms. The van der Waals surface area contributed by atoms with Crippen LogP contribution in [0.5, 0.6) is 0 Å². The second-order valence-electron chi connectivity index (χ2n) is 2.19. The van der Waals surface area contributed by atoms with Crippen LogP contribution in [0.4, 0.5) is 0 Å². The third-order valence-electron chi connectivity index (χ3n) is 0.896. The van der Waals surface area contributed by atoms with Crippen molar-refractivity contribution < 1.29 is 14.7 Å². The van der Waals surface area contributed by atoms with Crippen LogP contribution in [0.25, 0.3) is 0 Å². The molecule has 0 atom stereocenters. The van der Waals surface area contributed by atoms with Crippen molar-refractivity contribution in [3.05, 3.63) is 10.1 Å². The molecule has 0 radical (unpaired) electrons. The maximum atomic E-state index is 10.3. The second-order valence-corrected chi connectivity index (χ2v) is 2.19. The molecule has 0 aromatic carbocycles. The molecule has 1 amide bonds. The molecule has 2 N–H and O–H groups in total. The minimum atomic E-state index is -1.54. The molecule has 58 valence electrons. The maximum Gasteiger partial charge on any atom is 0.295 e. The highest BCUT2D eigenvalue weighted by molar-refractivity contribution is 5.82. The van der Waals surface area contributed by atoms with Crippen LogP contribution in [0.3, 0.4) is 0 Å². The molecular weight excluding hydrogens is 140 g/mol. The van der Waals surface area contributed by atoms with Gasteiger partial charge < -0.3 is 5.73 Å². The summed E-state index contributed by atoms with van der Waals surface area (Å²) in [6.45, 7) is 2.44. The van der Waals surface area contributed by atoms with Gasteiger partial charge in [-0.15, -0.1) is 10.1 Å². The molecule has 10 heavy (non-hydrogen) atoms. The van der Waals surface area contributed by atoms with Crippen LogP contribution < -0.4 is 5.73 Å². The van der Waals surface area contributed by atoms with E-state index in [4.69, 9.17) is 5.73 Å². The summed E-state index contributed by atoms with van der Waals surface area (Å²) in [5.41, 5.74) is 3.21. The number of nitrogens with two attached hydrogens (primary N) is 1. The lowest BCUT2D eigenvalue weighted by Gasteiger charge is -2.16. The Morgan fingerprint density at radius 1 is 1.70 bits per heavy atom. The topological polar surface area (TPSA) is 95.5 Å². The van der Waals surface area contributed by atoms with Crippen LogP contribution in [0.15, 0.2) is 0 Å². The fourth-order valence-electron chi connectivity index (χ4n) is 0.231. The van der Waals surface area contributed by atoms with Crippen LogP contribution in [0, 0.1) is 10.1 Å². The van der Waals surface area contributed by atoms with Gasteiger partial charge in [-0.25, -0.2) is 0 Å². The first-order valence-corrected chi connectivity index (χ1v) is 2.49. The Balaban J connectivity index is 4.13. The predicted octanol–water partition coefficient (Wildman–Crippen LogP) is -0.541. The van der Waals surface area contributed by atoms with Gasteiger partial charge in [0.2, 0.25) is 5.91 Å². The Labute approximate surface area is 57.1 Å². The lowest BCUT2D eigenvalue weighted by atomic mass is 10.1. The average molecular weight is 148 g/mol. The van der Waals surface area contributed by atoms with Crippen molar-refractivity contribution in [2.24, 2.45) is 5.73 Å². The van der Waals surface area contributed by atoms with E-state index in [0.29, 0.717) is 0 Å². The summed E-state index contributed by atoms with van der Waals surface area (Å²) < 4.78 is 0. The van der Waals surface area contributed by atoms with E-state index < -0.39 is 16.6 Å². The van der Waals surface area contributed by atoms with E-state index in [9.17, 15) is 14.9 Å². The second kappa shape index (κ2) is 2.51. The quantitative estimate of drug-likeness (QED) is 0.429. The molecule has 0 rings (SSSR count). The fraction of sp³-hybridized carbons (Fsp3) is 0.750. The highest BCUT2D eigenvalue weighted by atomic mass is 17.0. The Morgan fingerprint density at radius 3 is 2.20 bits per heavy atom. The summed E-state index contributed by atoms with van der Waals surface area (Å²) >= 11 is 0. The first-order chi connectivity index (χ1) is 4.36. The van der Waals surface area contributed by atoms with Crippen LogP contribution in [0.1, 0.15) is 13.8 Å². The van der Waals surface area contributed by atoms with Gasteiger partial charge in [-0.3, -0.25) is 9.63 Å². The van der Waals surface area contributed by atoms with Gasteiger partial charge in [0, 0.05) is 0 Å². The number of carbonyl (C=O) groups excluding carboxylic acids is 1. The standard InChI is InChI=1S/C4H8N2O4/c1-4(2,3(5)7)10-6(8)9/h1-2H3,(H2,5,7). The Kier molecular flexibility index (Phi) is 2.17. The zero-order chi connectivity index (χ0) is 8.36. The third kappa shape index (κ3) is 2.29. The van der Waals surface area contributed by atoms with Crippen molar-refractivity contribution in [3.63, 3.8) is 0 Å². The number of carbonyl (C=O) groups is 1. The first kappa shape index (κ1) is 8.67. The minimum absolute atomic E-state index is 0.871. The Bertz CT molecular complexity index is 165. The summed E-state index contributed by atoms with van der Waals surface area (Å²) in [6.07, 6.45) is 0. The lowest BCUT2D eigenvalue weighted by Crippen LogP contribution is -2.42. The normalized spacial score (nSPS) is 10.6. The highest BCUT2D eigenvalue weighted by Crippen LogP contribution is 2.06. The number of amides is 1. The molecule has 0 aliphatic carbocycles. The molecule has 6 nitrogen and oxygen atoms in total. The van der Waals surface area contributed by atoms with Crippen molar-refractivity contribution in [3.8, 4) is 0 Å². The van der Waals surface area contributed by atoms with E-state index in [1.165, 1.54) is 13.8 Å². The maximum absolute atomic E-state index is 10.3. The van der Waals surface area contributed by atoms with Crippen LogP contribution in [-0.2, 0) is 9.63 Å². The summed E-state index contributed by atoms with van der Waals surface area (Å²) in [4.78, 5) is 24.0. The summed E-state index contributed by atoms with van der Waals surface area (Å²) in [5.74, 6) is -0.871. The van der Waals surface area contributed by atoms with Crippen molar-refractivity contribution in [2.45, 2.75) is 19.4 Å². The van der Waals surface area contributed by atoms with Gasteiger partial charge in [0.25, 0.3) is 5.09 Å². The summed E-state index contributed by atoms with van der Waals surface area (Å²) in [6, 6.07) is 0. The zero-order valence-corrected chi connectivity index (χ0v) is 5.66. The Morgan fingerprint density at radius 2 is 2.10 bits per heavy atom. The van der Waals surface area contributed by atoms with E-state index >= 15 is 0 Å². The molecule has 0 saturated heterocycles. The molecule has 0 aromatic rings. The van der Waals surface area contributed by atoms with Gasteiger partial charge in [-0.05, 0) is 13.8 Å². The predicted molar refractivity (Wildman–Crippen MR) is 31.4 cm³/mol. The van der Waals surface area contributed by atoms with Gasteiger partial charge in [-0.2, -0.15) is 0 Å². The SMILES string of the molecule is CC(C)(O[N+](=O)[O-])C(N)=O. The van der Waals surface area contributed by atoms with Crippen molar-refractivity contribution in [2.75, 3.05) is 0 Å². The van der Waals surface area contributed by atoms with Crippen LogP contribution in [0.2, 0.25) is 0 Å². The fourth-order valence-corrected chi connectivity index (χ4v) is 0.231. The Hall–Kier alpha value is -1.33.